The highest BCUT2D eigenvalue weighted by atomic mass is 16.5. The number of anilines is 1. The number of rotatable bonds is 5. The molecule has 6 nitrogen and oxygen atoms in total. The van der Waals surface area contributed by atoms with E-state index in [2.05, 4.69) is 11.4 Å². The van der Waals surface area contributed by atoms with Crippen molar-refractivity contribution in [1.82, 2.24) is 5.32 Å². The fraction of sp³-hybridized carbons (Fsp3) is 0.438. The molecule has 0 atom stereocenters. The topological polar surface area (TPSA) is 82.4 Å². The zero-order valence-corrected chi connectivity index (χ0v) is 12.2. The van der Waals surface area contributed by atoms with Crippen LogP contribution in [0, 0.1) is 11.3 Å². The van der Waals surface area contributed by atoms with E-state index in [1.165, 1.54) is 0 Å². The van der Waals surface area contributed by atoms with Crippen molar-refractivity contribution in [3.05, 3.63) is 24.3 Å². The molecule has 1 saturated heterocycles. The summed E-state index contributed by atoms with van der Waals surface area (Å²) in [6.45, 7) is 0.628. The lowest BCUT2D eigenvalue weighted by Gasteiger charge is -2.16. The highest BCUT2D eigenvalue weighted by Gasteiger charge is 2.44. The number of nitrogens with zero attached hydrogens (tertiary/aromatic N) is 2. The van der Waals surface area contributed by atoms with E-state index in [9.17, 15) is 9.59 Å². The first-order valence-corrected chi connectivity index (χ1v) is 7.37. The molecule has 2 fully saturated rings. The van der Waals surface area contributed by atoms with Gasteiger partial charge >= 0.3 is 0 Å². The normalized spacial score (nSPS) is 18.7. The maximum absolute atomic E-state index is 11.7. The Bertz CT molecular complexity index is 629. The maximum atomic E-state index is 11.7. The fourth-order valence-corrected chi connectivity index (χ4v) is 2.49. The Morgan fingerprint density at radius 2 is 2.09 bits per heavy atom. The van der Waals surface area contributed by atoms with Gasteiger partial charge in [-0.05, 0) is 43.5 Å². The average Bonchev–Trinajstić information content (AvgIpc) is 3.17. The van der Waals surface area contributed by atoms with Gasteiger partial charge in [-0.2, -0.15) is 5.26 Å². The maximum Gasteiger partial charge on any atom is 0.259 e. The standard InChI is InChI=1S/C16H17N3O3/c17-11-16(7-8-16)18-14(20)10-22-13-5-3-12(4-6-13)19-9-1-2-15(19)21/h3-6H,1-2,7-10H2,(H,18,20). The first kappa shape index (κ1) is 14.4. The van der Waals surface area contributed by atoms with Crippen molar-refractivity contribution in [2.45, 2.75) is 31.2 Å². The third-order valence-corrected chi connectivity index (χ3v) is 3.93. The van der Waals surface area contributed by atoms with Crippen LogP contribution in [-0.2, 0) is 9.59 Å². The zero-order chi connectivity index (χ0) is 15.6. The summed E-state index contributed by atoms with van der Waals surface area (Å²) in [6.07, 6.45) is 2.89. The van der Waals surface area contributed by atoms with Crippen LogP contribution in [0.3, 0.4) is 0 Å². The van der Waals surface area contributed by atoms with E-state index >= 15 is 0 Å². The summed E-state index contributed by atoms with van der Waals surface area (Å²) in [5.41, 5.74) is 0.182. The minimum Gasteiger partial charge on any atom is -0.484 e. The molecular formula is C16H17N3O3. The van der Waals surface area contributed by atoms with Gasteiger partial charge in [0.25, 0.3) is 5.91 Å². The molecule has 1 aliphatic heterocycles. The Hall–Kier alpha value is -2.55. The predicted octanol–water partition coefficient (Wildman–Crippen LogP) is 1.36. The molecule has 1 N–H and O–H groups in total. The Kier molecular flexibility index (Phi) is 3.72. The summed E-state index contributed by atoms with van der Waals surface area (Å²) in [5.74, 6) is 0.407. The number of nitrogens with one attached hydrogen (secondary N) is 1. The van der Waals surface area contributed by atoms with E-state index in [-0.39, 0.29) is 18.4 Å². The van der Waals surface area contributed by atoms with Crippen molar-refractivity contribution in [3.8, 4) is 11.8 Å². The molecule has 114 valence electrons. The highest BCUT2D eigenvalue weighted by molar-refractivity contribution is 5.95. The number of carbonyl (C=O) groups is 2. The lowest BCUT2D eigenvalue weighted by Crippen LogP contribution is -2.38. The van der Waals surface area contributed by atoms with Gasteiger partial charge in [-0.25, -0.2) is 0 Å². The van der Waals surface area contributed by atoms with Gasteiger partial charge in [0.2, 0.25) is 5.91 Å². The van der Waals surface area contributed by atoms with E-state index in [4.69, 9.17) is 10.00 Å². The molecule has 0 unspecified atom stereocenters. The molecule has 22 heavy (non-hydrogen) atoms. The molecule has 3 rings (SSSR count). The van der Waals surface area contributed by atoms with E-state index in [0.29, 0.717) is 25.0 Å². The number of nitriles is 1. The second kappa shape index (κ2) is 5.68. The molecule has 1 aromatic rings. The molecular weight excluding hydrogens is 282 g/mol. The first-order valence-electron chi connectivity index (χ1n) is 7.37. The van der Waals surface area contributed by atoms with Gasteiger partial charge in [0.15, 0.2) is 6.61 Å². The molecule has 1 saturated carbocycles. The molecule has 1 aromatic carbocycles. The van der Waals surface area contributed by atoms with Gasteiger partial charge in [-0.1, -0.05) is 0 Å². The van der Waals surface area contributed by atoms with Crippen LogP contribution in [0.5, 0.6) is 5.75 Å². The quantitative estimate of drug-likeness (QED) is 0.890. The number of hydrogen-bond donors (Lipinski definition) is 1. The molecule has 2 aliphatic rings. The predicted molar refractivity (Wildman–Crippen MR) is 79.2 cm³/mol. The van der Waals surface area contributed by atoms with Crippen LogP contribution in [-0.4, -0.2) is 30.5 Å². The van der Waals surface area contributed by atoms with Gasteiger partial charge in [0.05, 0.1) is 6.07 Å². The lowest BCUT2D eigenvalue weighted by atomic mass is 10.3. The smallest absolute Gasteiger partial charge is 0.259 e. The van der Waals surface area contributed by atoms with Crippen molar-refractivity contribution in [2.24, 2.45) is 0 Å². The summed E-state index contributed by atoms with van der Waals surface area (Å²) in [5, 5.41) is 11.6. The van der Waals surface area contributed by atoms with Crippen LogP contribution in [0.2, 0.25) is 0 Å². The second-order valence-corrected chi connectivity index (χ2v) is 5.67. The third-order valence-electron chi connectivity index (χ3n) is 3.93. The Balaban J connectivity index is 1.52. The highest BCUT2D eigenvalue weighted by Crippen LogP contribution is 2.34. The van der Waals surface area contributed by atoms with E-state index in [1.807, 2.05) is 12.1 Å². The molecule has 1 aliphatic carbocycles. The number of benzene rings is 1. The van der Waals surface area contributed by atoms with Gasteiger partial charge in [0.1, 0.15) is 11.3 Å². The van der Waals surface area contributed by atoms with Crippen LogP contribution < -0.4 is 15.0 Å². The Morgan fingerprint density at radius 3 is 2.64 bits per heavy atom. The Morgan fingerprint density at radius 1 is 1.36 bits per heavy atom. The number of carbonyl (C=O) groups excluding carboxylic acids is 2. The van der Waals surface area contributed by atoms with Crippen LogP contribution in [0.4, 0.5) is 5.69 Å². The third kappa shape index (κ3) is 3.03. The summed E-state index contributed by atoms with van der Waals surface area (Å²) >= 11 is 0. The monoisotopic (exact) mass is 299 g/mol. The van der Waals surface area contributed by atoms with Crippen molar-refractivity contribution < 1.29 is 14.3 Å². The van der Waals surface area contributed by atoms with E-state index in [0.717, 1.165) is 18.7 Å². The molecule has 0 bridgehead atoms. The van der Waals surface area contributed by atoms with Gasteiger partial charge in [0, 0.05) is 18.7 Å². The van der Waals surface area contributed by atoms with E-state index in [1.54, 1.807) is 17.0 Å². The minimum atomic E-state index is -0.666. The summed E-state index contributed by atoms with van der Waals surface area (Å²) in [4.78, 5) is 25.1. The number of hydrogen-bond acceptors (Lipinski definition) is 4. The van der Waals surface area contributed by atoms with E-state index < -0.39 is 5.54 Å². The van der Waals surface area contributed by atoms with Crippen LogP contribution in [0.25, 0.3) is 0 Å². The minimum absolute atomic E-state index is 0.120. The SMILES string of the molecule is N#CC1(NC(=O)COc2ccc(N3CCCC3=O)cc2)CC1. The van der Waals surface area contributed by atoms with Crippen molar-refractivity contribution in [3.63, 3.8) is 0 Å². The number of ether oxygens (including phenoxy) is 1. The van der Waals surface area contributed by atoms with Crippen LogP contribution >= 0.6 is 0 Å². The molecule has 2 amide bonds. The molecule has 0 radical (unpaired) electrons. The van der Waals surface area contributed by atoms with Crippen LogP contribution in [0.15, 0.2) is 24.3 Å². The fourth-order valence-electron chi connectivity index (χ4n) is 2.49. The van der Waals surface area contributed by atoms with Gasteiger partial charge in [-0.3, -0.25) is 9.59 Å². The summed E-state index contributed by atoms with van der Waals surface area (Å²) in [7, 11) is 0. The van der Waals surface area contributed by atoms with Crippen molar-refractivity contribution in [2.75, 3.05) is 18.1 Å². The average molecular weight is 299 g/mol. The first-order chi connectivity index (χ1) is 10.6. The van der Waals surface area contributed by atoms with Crippen molar-refractivity contribution >= 4 is 17.5 Å². The molecule has 0 aromatic heterocycles. The Labute approximate surface area is 128 Å². The molecule has 0 spiro atoms. The summed E-state index contributed by atoms with van der Waals surface area (Å²) < 4.78 is 5.41. The van der Waals surface area contributed by atoms with Crippen LogP contribution in [0.1, 0.15) is 25.7 Å². The summed E-state index contributed by atoms with van der Waals surface area (Å²) in [6, 6.07) is 9.21. The van der Waals surface area contributed by atoms with Gasteiger partial charge < -0.3 is 15.0 Å². The lowest BCUT2D eigenvalue weighted by molar-refractivity contribution is -0.123. The molecule has 6 heteroatoms. The number of amides is 2. The largest absolute Gasteiger partial charge is 0.484 e. The second-order valence-electron chi connectivity index (χ2n) is 5.67. The molecule has 1 heterocycles. The van der Waals surface area contributed by atoms with Gasteiger partial charge in [-0.15, -0.1) is 0 Å². The van der Waals surface area contributed by atoms with Crippen molar-refractivity contribution in [1.29, 1.82) is 5.26 Å². The zero-order valence-electron chi connectivity index (χ0n) is 12.2.